The Morgan fingerprint density at radius 2 is 2.05 bits per heavy atom. The number of carbonyl (C=O) groups excluding carboxylic acids is 1. The lowest BCUT2D eigenvalue weighted by atomic mass is 10.2. The van der Waals surface area contributed by atoms with Crippen molar-refractivity contribution < 1.29 is 9.53 Å². The molecule has 0 aliphatic carbocycles. The van der Waals surface area contributed by atoms with E-state index >= 15 is 0 Å². The topological polar surface area (TPSA) is 57.7 Å². The average Bonchev–Trinajstić information content (AvgIpc) is 2.57. The molecule has 0 saturated carbocycles. The summed E-state index contributed by atoms with van der Waals surface area (Å²) in [4.78, 5) is 20.9. The second kappa shape index (κ2) is 8.70. The van der Waals surface area contributed by atoms with Crippen molar-refractivity contribution in [3.63, 3.8) is 0 Å². The van der Waals surface area contributed by atoms with E-state index in [2.05, 4.69) is 33.9 Å². The van der Waals surface area contributed by atoms with Gasteiger partial charge < -0.3 is 15.0 Å². The molecule has 6 nitrogen and oxygen atoms in total. The van der Waals surface area contributed by atoms with Crippen LogP contribution in [-0.2, 0) is 4.74 Å². The molecule has 22 heavy (non-hydrogen) atoms. The number of hydrogen-bond donors (Lipinski definition) is 1. The van der Waals surface area contributed by atoms with Gasteiger partial charge in [0.2, 0.25) is 0 Å². The van der Waals surface area contributed by atoms with E-state index in [1.54, 1.807) is 6.20 Å². The third-order valence-corrected chi connectivity index (χ3v) is 3.91. The maximum atomic E-state index is 12.1. The Balaban J connectivity index is 1.79. The summed E-state index contributed by atoms with van der Waals surface area (Å²) in [6.07, 6.45) is 1.65. The van der Waals surface area contributed by atoms with Crippen molar-refractivity contribution in [1.82, 2.24) is 15.2 Å². The van der Waals surface area contributed by atoms with Gasteiger partial charge >= 0.3 is 0 Å². The molecule has 0 bridgehead atoms. The molecule has 1 aliphatic rings. The van der Waals surface area contributed by atoms with Gasteiger partial charge in [0, 0.05) is 45.5 Å². The Morgan fingerprint density at radius 1 is 1.32 bits per heavy atom. The number of nitrogens with zero attached hydrogens (tertiary/aromatic N) is 3. The highest BCUT2D eigenvalue weighted by Gasteiger charge is 2.11. The van der Waals surface area contributed by atoms with Gasteiger partial charge in [-0.1, -0.05) is 0 Å². The van der Waals surface area contributed by atoms with Crippen molar-refractivity contribution in [2.75, 3.05) is 57.4 Å². The van der Waals surface area contributed by atoms with Crippen LogP contribution >= 0.6 is 0 Å². The van der Waals surface area contributed by atoms with Crippen LogP contribution in [0.5, 0.6) is 0 Å². The standard InChI is InChI=1S/C16H26N4O2/c1-3-20(4-2)15-6-5-14(13-18-15)16(21)17-7-8-19-9-11-22-12-10-19/h5-6,13H,3-4,7-12H2,1-2H3,(H,17,21). The van der Waals surface area contributed by atoms with Gasteiger partial charge in [-0.3, -0.25) is 9.69 Å². The number of ether oxygens (including phenoxy) is 1. The summed E-state index contributed by atoms with van der Waals surface area (Å²) in [5.74, 6) is 0.849. The third-order valence-electron chi connectivity index (χ3n) is 3.91. The predicted octanol–water partition coefficient (Wildman–Crippen LogP) is 0.990. The van der Waals surface area contributed by atoms with Gasteiger partial charge in [0.1, 0.15) is 5.82 Å². The fourth-order valence-electron chi connectivity index (χ4n) is 2.51. The van der Waals surface area contributed by atoms with Crippen LogP contribution in [0, 0.1) is 0 Å². The first-order chi connectivity index (χ1) is 10.7. The highest BCUT2D eigenvalue weighted by molar-refractivity contribution is 5.94. The fraction of sp³-hybridized carbons (Fsp3) is 0.625. The van der Waals surface area contributed by atoms with E-state index in [0.717, 1.165) is 51.8 Å². The molecule has 0 unspecified atom stereocenters. The number of hydrogen-bond acceptors (Lipinski definition) is 5. The Morgan fingerprint density at radius 3 is 2.64 bits per heavy atom. The highest BCUT2D eigenvalue weighted by Crippen LogP contribution is 2.10. The van der Waals surface area contributed by atoms with Crippen LogP contribution in [0.4, 0.5) is 5.82 Å². The monoisotopic (exact) mass is 306 g/mol. The molecule has 1 N–H and O–H groups in total. The summed E-state index contributed by atoms with van der Waals surface area (Å²) in [5, 5.41) is 2.95. The zero-order valence-electron chi connectivity index (χ0n) is 13.5. The lowest BCUT2D eigenvalue weighted by molar-refractivity contribution is 0.0383. The van der Waals surface area contributed by atoms with E-state index in [4.69, 9.17) is 4.74 Å². The molecule has 0 atom stereocenters. The van der Waals surface area contributed by atoms with Gasteiger partial charge in [0.05, 0.1) is 18.8 Å². The number of nitrogens with one attached hydrogen (secondary N) is 1. The van der Waals surface area contributed by atoms with Crippen LogP contribution in [0.1, 0.15) is 24.2 Å². The maximum absolute atomic E-state index is 12.1. The lowest BCUT2D eigenvalue weighted by Gasteiger charge is -2.26. The van der Waals surface area contributed by atoms with E-state index in [-0.39, 0.29) is 5.91 Å². The van der Waals surface area contributed by atoms with Gasteiger partial charge in [-0.05, 0) is 26.0 Å². The summed E-state index contributed by atoms with van der Waals surface area (Å²) in [7, 11) is 0. The van der Waals surface area contributed by atoms with Gasteiger partial charge in [-0.15, -0.1) is 0 Å². The van der Waals surface area contributed by atoms with E-state index in [9.17, 15) is 4.79 Å². The van der Waals surface area contributed by atoms with Crippen LogP contribution in [0.2, 0.25) is 0 Å². The second-order valence-electron chi connectivity index (χ2n) is 5.29. The van der Waals surface area contributed by atoms with Crippen LogP contribution in [0.3, 0.4) is 0 Å². The Hall–Kier alpha value is -1.66. The van der Waals surface area contributed by atoms with Crippen molar-refractivity contribution in [3.05, 3.63) is 23.9 Å². The maximum Gasteiger partial charge on any atom is 0.252 e. The zero-order chi connectivity index (χ0) is 15.8. The number of aromatic nitrogens is 1. The van der Waals surface area contributed by atoms with Crippen LogP contribution in [-0.4, -0.2) is 68.3 Å². The first kappa shape index (κ1) is 16.7. The van der Waals surface area contributed by atoms with Crippen LogP contribution in [0.15, 0.2) is 18.3 Å². The zero-order valence-corrected chi connectivity index (χ0v) is 13.5. The molecule has 122 valence electrons. The van der Waals surface area contributed by atoms with E-state index < -0.39 is 0 Å². The number of carbonyl (C=O) groups is 1. The Bertz CT molecular complexity index is 454. The van der Waals surface area contributed by atoms with E-state index in [0.29, 0.717) is 12.1 Å². The summed E-state index contributed by atoms with van der Waals surface area (Å²) in [6, 6.07) is 3.74. The van der Waals surface area contributed by atoms with Crippen molar-refractivity contribution in [3.8, 4) is 0 Å². The predicted molar refractivity (Wildman–Crippen MR) is 87.4 cm³/mol. The summed E-state index contributed by atoms with van der Waals surface area (Å²) >= 11 is 0. The smallest absolute Gasteiger partial charge is 0.252 e. The average molecular weight is 306 g/mol. The van der Waals surface area contributed by atoms with E-state index in [1.165, 1.54) is 0 Å². The SMILES string of the molecule is CCN(CC)c1ccc(C(=O)NCCN2CCOCC2)cn1. The second-order valence-corrected chi connectivity index (χ2v) is 5.29. The molecule has 0 spiro atoms. The van der Waals surface area contributed by atoms with Crippen LogP contribution < -0.4 is 10.2 Å². The van der Waals surface area contributed by atoms with Crippen LogP contribution in [0.25, 0.3) is 0 Å². The molecule has 0 radical (unpaired) electrons. The third kappa shape index (κ3) is 4.68. The molecule has 1 aromatic rings. The molecule has 1 aliphatic heterocycles. The van der Waals surface area contributed by atoms with Crippen molar-refractivity contribution in [2.24, 2.45) is 0 Å². The minimum atomic E-state index is -0.0631. The quantitative estimate of drug-likeness (QED) is 0.814. The van der Waals surface area contributed by atoms with Gasteiger partial charge in [0.15, 0.2) is 0 Å². The van der Waals surface area contributed by atoms with Gasteiger partial charge in [-0.2, -0.15) is 0 Å². The van der Waals surface area contributed by atoms with Gasteiger partial charge in [0.25, 0.3) is 5.91 Å². The number of morpholine rings is 1. The molecule has 6 heteroatoms. The Labute approximate surface area is 132 Å². The molecule has 1 fully saturated rings. The minimum absolute atomic E-state index is 0.0631. The lowest BCUT2D eigenvalue weighted by Crippen LogP contribution is -2.41. The fourth-order valence-corrected chi connectivity index (χ4v) is 2.51. The van der Waals surface area contributed by atoms with E-state index in [1.807, 2.05) is 12.1 Å². The Kier molecular flexibility index (Phi) is 6.61. The summed E-state index contributed by atoms with van der Waals surface area (Å²) < 4.78 is 5.30. The number of pyridine rings is 1. The first-order valence-corrected chi connectivity index (χ1v) is 8.04. The largest absolute Gasteiger partial charge is 0.379 e. The summed E-state index contributed by atoms with van der Waals surface area (Å²) in [6.45, 7) is 11.0. The number of anilines is 1. The molecular weight excluding hydrogens is 280 g/mol. The molecule has 2 heterocycles. The molecular formula is C16H26N4O2. The molecule has 0 aromatic carbocycles. The summed E-state index contributed by atoms with van der Waals surface area (Å²) in [5.41, 5.74) is 0.609. The van der Waals surface area contributed by atoms with Crippen molar-refractivity contribution >= 4 is 11.7 Å². The number of amides is 1. The molecule has 1 aromatic heterocycles. The molecule has 1 amide bonds. The number of rotatable bonds is 7. The normalized spacial score (nSPS) is 15.5. The molecule has 1 saturated heterocycles. The molecule has 2 rings (SSSR count). The van der Waals surface area contributed by atoms with Crippen molar-refractivity contribution in [1.29, 1.82) is 0 Å². The van der Waals surface area contributed by atoms with Crippen molar-refractivity contribution in [2.45, 2.75) is 13.8 Å². The van der Waals surface area contributed by atoms with Gasteiger partial charge in [-0.25, -0.2) is 4.98 Å². The minimum Gasteiger partial charge on any atom is -0.379 e. The highest BCUT2D eigenvalue weighted by atomic mass is 16.5. The first-order valence-electron chi connectivity index (χ1n) is 8.04.